The molecule has 1 rings (SSSR count). The van der Waals surface area contributed by atoms with Gasteiger partial charge in [0, 0.05) is 20.1 Å². The van der Waals surface area contributed by atoms with E-state index in [2.05, 4.69) is 0 Å². The minimum Gasteiger partial charge on any atom is -0.462 e. The van der Waals surface area contributed by atoms with Crippen LogP contribution in [0.5, 0.6) is 0 Å². The summed E-state index contributed by atoms with van der Waals surface area (Å²) >= 11 is 5.68. The molecule has 0 bridgehead atoms. The van der Waals surface area contributed by atoms with Crippen LogP contribution in [0.15, 0.2) is 18.2 Å². The molecule has 98 valence electrons. The highest BCUT2D eigenvalue weighted by molar-refractivity contribution is 6.33. The van der Waals surface area contributed by atoms with Gasteiger partial charge in [-0.2, -0.15) is 0 Å². The molecular formula is C11H12ClNO5. The molecule has 0 heterocycles. The normalized spacial score (nSPS) is 10.1. The van der Waals surface area contributed by atoms with E-state index in [9.17, 15) is 14.9 Å². The van der Waals surface area contributed by atoms with E-state index in [1.165, 1.54) is 25.3 Å². The number of hydrogen-bond acceptors (Lipinski definition) is 5. The molecule has 0 N–H and O–H groups in total. The summed E-state index contributed by atoms with van der Waals surface area (Å²) in [5.74, 6) is -0.764. The van der Waals surface area contributed by atoms with Crippen molar-refractivity contribution >= 4 is 23.3 Å². The first-order chi connectivity index (χ1) is 8.57. The van der Waals surface area contributed by atoms with E-state index < -0.39 is 16.6 Å². The Hall–Kier alpha value is -1.66. The zero-order valence-corrected chi connectivity index (χ0v) is 10.5. The van der Waals surface area contributed by atoms with Gasteiger partial charge in [-0.3, -0.25) is 10.1 Å². The van der Waals surface area contributed by atoms with Crippen molar-refractivity contribution in [3.63, 3.8) is 0 Å². The third-order valence-corrected chi connectivity index (χ3v) is 2.42. The van der Waals surface area contributed by atoms with Crippen LogP contribution in [0.4, 0.5) is 5.69 Å². The molecule has 7 heteroatoms. The van der Waals surface area contributed by atoms with E-state index in [4.69, 9.17) is 21.1 Å². The smallest absolute Gasteiger partial charge is 0.345 e. The summed E-state index contributed by atoms with van der Waals surface area (Å²) in [4.78, 5) is 21.8. The molecule has 0 spiro atoms. The van der Waals surface area contributed by atoms with Crippen LogP contribution >= 0.6 is 11.6 Å². The van der Waals surface area contributed by atoms with Crippen molar-refractivity contribution in [2.24, 2.45) is 0 Å². The van der Waals surface area contributed by atoms with Crippen LogP contribution in [-0.4, -0.2) is 31.2 Å². The highest BCUT2D eigenvalue weighted by atomic mass is 35.5. The fourth-order valence-electron chi connectivity index (χ4n) is 1.31. The van der Waals surface area contributed by atoms with E-state index in [0.29, 0.717) is 13.0 Å². The molecule has 0 radical (unpaired) electrons. The number of halogens is 1. The third kappa shape index (κ3) is 3.68. The zero-order chi connectivity index (χ0) is 13.5. The first-order valence-corrected chi connectivity index (χ1v) is 5.54. The van der Waals surface area contributed by atoms with E-state index in [1.54, 1.807) is 0 Å². The van der Waals surface area contributed by atoms with Gasteiger partial charge >= 0.3 is 11.7 Å². The maximum absolute atomic E-state index is 11.7. The Labute approximate surface area is 109 Å². The number of ether oxygens (including phenoxy) is 2. The number of carbonyl (C=O) groups is 1. The van der Waals surface area contributed by atoms with Gasteiger partial charge in [0.25, 0.3) is 0 Å². The number of esters is 1. The highest BCUT2D eigenvalue weighted by Gasteiger charge is 2.24. The Bertz CT molecular complexity index is 449. The fraction of sp³-hybridized carbons (Fsp3) is 0.364. The average Bonchev–Trinajstić information content (AvgIpc) is 2.33. The predicted octanol–water partition coefficient (Wildman–Crippen LogP) is 2.44. The molecule has 0 aromatic heterocycles. The second kappa shape index (κ2) is 6.93. The number of hydrogen-bond donors (Lipinski definition) is 0. The number of methoxy groups -OCH3 is 1. The molecule has 0 unspecified atom stereocenters. The second-order valence-corrected chi connectivity index (χ2v) is 3.78. The summed E-state index contributed by atoms with van der Waals surface area (Å²) < 4.78 is 9.68. The molecule has 18 heavy (non-hydrogen) atoms. The summed E-state index contributed by atoms with van der Waals surface area (Å²) in [7, 11) is 1.53. The summed E-state index contributed by atoms with van der Waals surface area (Å²) in [6.45, 7) is 0.585. The van der Waals surface area contributed by atoms with Gasteiger partial charge in [0.05, 0.1) is 11.5 Å². The van der Waals surface area contributed by atoms with E-state index in [-0.39, 0.29) is 17.2 Å². The summed E-state index contributed by atoms with van der Waals surface area (Å²) in [6.07, 6.45) is 0.524. The van der Waals surface area contributed by atoms with Gasteiger partial charge in [0.1, 0.15) is 10.6 Å². The van der Waals surface area contributed by atoms with Crippen molar-refractivity contribution in [1.29, 1.82) is 0 Å². The highest BCUT2D eigenvalue weighted by Crippen LogP contribution is 2.28. The predicted molar refractivity (Wildman–Crippen MR) is 64.9 cm³/mol. The van der Waals surface area contributed by atoms with Gasteiger partial charge in [-0.1, -0.05) is 17.7 Å². The molecule has 0 aliphatic heterocycles. The number of rotatable bonds is 6. The van der Waals surface area contributed by atoms with E-state index in [0.717, 1.165) is 0 Å². The number of nitro groups is 1. The molecule has 0 saturated heterocycles. The molecule has 1 aromatic rings. The summed E-state index contributed by atoms with van der Waals surface area (Å²) in [6, 6.07) is 4.12. The molecule has 0 aliphatic rings. The molecule has 0 amide bonds. The quantitative estimate of drug-likeness (QED) is 0.344. The van der Waals surface area contributed by atoms with Crippen LogP contribution in [-0.2, 0) is 9.47 Å². The van der Waals surface area contributed by atoms with Gasteiger partial charge in [0.15, 0.2) is 0 Å². The van der Waals surface area contributed by atoms with Crippen molar-refractivity contribution in [2.75, 3.05) is 20.3 Å². The lowest BCUT2D eigenvalue weighted by Gasteiger charge is -2.05. The minimum absolute atomic E-state index is 0.0914. The Morgan fingerprint density at radius 3 is 2.78 bits per heavy atom. The second-order valence-electron chi connectivity index (χ2n) is 3.38. The SMILES string of the molecule is COCCCOC(=O)c1cccc(Cl)c1[N+](=O)[O-]. The van der Waals surface area contributed by atoms with E-state index in [1.807, 2.05) is 0 Å². The topological polar surface area (TPSA) is 78.7 Å². The Balaban J connectivity index is 2.79. The standard InChI is InChI=1S/C11H12ClNO5/c1-17-6-3-7-18-11(14)8-4-2-5-9(12)10(8)13(15)16/h2,4-5H,3,6-7H2,1H3. The fourth-order valence-corrected chi connectivity index (χ4v) is 1.56. The maximum atomic E-state index is 11.7. The number of nitrogens with zero attached hydrogens (tertiary/aromatic N) is 1. The summed E-state index contributed by atoms with van der Waals surface area (Å²) in [5.41, 5.74) is -0.583. The molecule has 1 aromatic carbocycles. The number of nitro benzene ring substituents is 1. The molecule has 0 saturated carbocycles. The van der Waals surface area contributed by atoms with Crippen LogP contribution in [0.1, 0.15) is 16.8 Å². The van der Waals surface area contributed by atoms with Crippen molar-refractivity contribution in [1.82, 2.24) is 0 Å². The Morgan fingerprint density at radius 1 is 1.44 bits per heavy atom. The zero-order valence-electron chi connectivity index (χ0n) is 9.72. The van der Waals surface area contributed by atoms with Crippen LogP contribution in [0.25, 0.3) is 0 Å². The molecule has 6 nitrogen and oxygen atoms in total. The maximum Gasteiger partial charge on any atom is 0.345 e. The lowest BCUT2D eigenvalue weighted by atomic mass is 10.2. The van der Waals surface area contributed by atoms with Gasteiger partial charge in [-0.05, 0) is 12.1 Å². The Kier molecular flexibility index (Phi) is 5.54. The minimum atomic E-state index is -0.764. The van der Waals surface area contributed by atoms with Crippen molar-refractivity contribution < 1.29 is 19.2 Å². The van der Waals surface area contributed by atoms with Crippen molar-refractivity contribution in [2.45, 2.75) is 6.42 Å². The number of carbonyl (C=O) groups excluding carboxylic acids is 1. The number of para-hydroxylation sites is 1. The average molecular weight is 274 g/mol. The molecule has 0 fully saturated rings. The first kappa shape index (κ1) is 14.4. The third-order valence-electron chi connectivity index (χ3n) is 2.12. The first-order valence-electron chi connectivity index (χ1n) is 5.17. The number of benzene rings is 1. The summed E-state index contributed by atoms with van der Waals surface area (Å²) in [5, 5.41) is 10.7. The lowest BCUT2D eigenvalue weighted by molar-refractivity contribution is -0.385. The van der Waals surface area contributed by atoms with Crippen LogP contribution < -0.4 is 0 Å². The Morgan fingerprint density at radius 2 is 2.17 bits per heavy atom. The van der Waals surface area contributed by atoms with Crippen molar-refractivity contribution in [3.8, 4) is 0 Å². The van der Waals surface area contributed by atoms with Crippen LogP contribution in [0.3, 0.4) is 0 Å². The van der Waals surface area contributed by atoms with Gasteiger partial charge in [0.2, 0.25) is 0 Å². The van der Waals surface area contributed by atoms with Crippen molar-refractivity contribution in [3.05, 3.63) is 38.9 Å². The molecule has 0 atom stereocenters. The molecular weight excluding hydrogens is 262 g/mol. The van der Waals surface area contributed by atoms with Crippen LogP contribution in [0.2, 0.25) is 5.02 Å². The monoisotopic (exact) mass is 273 g/mol. The van der Waals surface area contributed by atoms with Crippen LogP contribution in [0, 0.1) is 10.1 Å². The van der Waals surface area contributed by atoms with Gasteiger partial charge < -0.3 is 9.47 Å². The van der Waals surface area contributed by atoms with E-state index >= 15 is 0 Å². The van der Waals surface area contributed by atoms with Gasteiger partial charge in [-0.15, -0.1) is 0 Å². The lowest BCUT2D eigenvalue weighted by Crippen LogP contribution is -2.10. The largest absolute Gasteiger partial charge is 0.462 e. The van der Waals surface area contributed by atoms with Gasteiger partial charge in [-0.25, -0.2) is 4.79 Å². The molecule has 0 aliphatic carbocycles.